The summed E-state index contributed by atoms with van der Waals surface area (Å²) in [6.45, 7) is 0. The second-order valence-electron chi connectivity index (χ2n) is 1.34. The minimum atomic E-state index is -2.77. The molecule has 8 heavy (non-hydrogen) atoms. The Kier molecular flexibility index (Phi) is 4.83. The van der Waals surface area contributed by atoms with Crippen molar-refractivity contribution < 1.29 is 4.57 Å². The van der Waals surface area contributed by atoms with Gasteiger partial charge in [0.05, 0.1) is 0 Å². The molecule has 0 unspecified atom stereocenters. The molecule has 0 aliphatic heterocycles. The largest absolute Gasteiger partial charge is 0.289 e. The maximum absolute atomic E-state index is 10.5. The summed E-state index contributed by atoms with van der Waals surface area (Å²) in [4.78, 5) is 0. The molecule has 5 heteroatoms. The van der Waals surface area contributed by atoms with E-state index in [-0.39, 0.29) is 0 Å². The van der Waals surface area contributed by atoms with Crippen LogP contribution >= 0.6 is 44.3 Å². The Morgan fingerprint density at radius 3 is 2.12 bits per heavy atom. The minimum Gasteiger partial charge on any atom is -0.289 e. The van der Waals surface area contributed by atoms with E-state index in [9.17, 15) is 4.57 Å². The van der Waals surface area contributed by atoms with Gasteiger partial charge in [0.1, 0.15) is 0 Å². The van der Waals surface area contributed by atoms with Crippen LogP contribution in [-0.2, 0) is 4.57 Å². The Balaban J connectivity index is 3.26. The highest BCUT2D eigenvalue weighted by Gasteiger charge is 2.10. The van der Waals surface area contributed by atoms with Gasteiger partial charge in [0.25, 0.3) is 5.85 Å². The smallest absolute Gasteiger partial charge is 0.253 e. The summed E-state index contributed by atoms with van der Waals surface area (Å²) in [7, 11) is 0. The molecule has 0 aliphatic rings. The molecule has 0 heterocycles. The van der Waals surface area contributed by atoms with Crippen LogP contribution in [-0.4, -0.2) is 11.5 Å². The zero-order valence-electron chi connectivity index (χ0n) is 4.11. The van der Waals surface area contributed by atoms with Crippen molar-refractivity contribution in [1.29, 1.82) is 0 Å². The van der Waals surface area contributed by atoms with Gasteiger partial charge in [-0.25, -0.2) is 0 Å². The SMILES string of the molecule is O=P(Cl)(Cl)CCCBr. The first-order valence-corrected chi connectivity index (χ1v) is 6.93. The van der Waals surface area contributed by atoms with Crippen LogP contribution in [0.4, 0.5) is 0 Å². The topological polar surface area (TPSA) is 17.1 Å². The van der Waals surface area contributed by atoms with Crippen LogP contribution in [0.15, 0.2) is 0 Å². The van der Waals surface area contributed by atoms with Crippen LogP contribution in [0.25, 0.3) is 0 Å². The third-order valence-corrected chi connectivity index (χ3v) is 2.96. The standard InChI is InChI=1S/C3H6BrCl2OP/c4-2-1-3-8(5,6)7/h1-3H2. The lowest BCUT2D eigenvalue weighted by atomic mass is 10.6. The number of rotatable bonds is 3. The first kappa shape index (κ1) is 9.29. The van der Waals surface area contributed by atoms with E-state index in [1.807, 2.05) is 0 Å². The van der Waals surface area contributed by atoms with Crippen LogP contribution in [0.2, 0.25) is 0 Å². The van der Waals surface area contributed by atoms with Crippen molar-refractivity contribution in [3.8, 4) is 0 Å². The summed E-state index contributed by atoms with van der Waals surface area (Å²) in [5, 5.41) is 0.802. The molecule has 0 fully saturated rings. The number of hydrogen-bond acceptors (Lipinski definition) is 1. The Morgan fingerprint density at radius 2 is 2.00 bits per heavy atom. The van der Waals surface area contributed by atoms with E-state index in [1.54, 1.807) is 0 Å². The molecule has 0 atom stereocenters. The van der Waals surface area contributed by atoms with E-state index in [4.69, 9.17) is 22.5 Å². The fraction of sp³-hybridized carbons (Fsp3) is 1.00. The van der Waals surface area contributed by atoms with Gasteiger partial charge in [0.15, 0.2) is 0 Å². The summed E-state index contributed by atoms with van der Waals surface area (Å²) in [5.74, 6) is -2.77. The van der Waals surface area contributed by atoms with Gasteiger partial charge < -0.3 is 0 Å². The average molecular weight is 240 g/mol. The van der Waals surface area contributed by atoms with E-state index in [0.717, 1.165) is 11.8 Å². The van der Waals surface area contributed by atoms with E-state index in [2.05, 4.69) is 15.9 Å². The predicted octanol–water partition coefficient (Wildman–Crippen LogP) is 3.44. The van der Waals surface area contributed by atoms with Crippen molar-refractivity contribution in [3.63, 3.8) is 0 Å². The molecule has 0 radical (unpaired) electrons. The van der Waals surface area contributed by atoms with Crippen molar-refractivity contribution in [2.75, 3.05) is 11.5 Å². The molecule has 0 N–H and O–H groups in total. The van der Waals surface area contributed by atoms with E-state index in [0.29, 0.717) is 6.16 Å². The van der Waals surface area contributed by atoms with Crippen molar-refractivity contribution in [2.45, 2.75) is 6.42 Å². The minimum absolute atomic E-state index is 0.404. The zero-order chi connectivity index (χ0) is 6.62. The van der Waals surface area contributed by atoms with Crippen molar-refractivity contribution in [1.82, 2.24) is 0 Å². The molecule has 0 saturated carbocycles. The fourth-order valence-electron chi connectivity index (χ4n) is 0.244. The Morgan fingerprint density at radius 1 is 1.50 bits per heavy atom. The van der Waals surface area contributed by atoms with Gasteiger partial charge in [0, 0.05) is 11.5 Å². The van der Waals surface area contributed by atoms with E-state index < -0.39 is 5.85 Å². The molecule has 0 rings (SSSR count). The second kappa shape index (κ2) is 4.16. The highest BCUT2D eigenvalue weighted by atomic mass is 79.9. The molecule has 0 aliphatic carbocycles. The second-order valence-corrected chi connectivity index (χ2v) is 7.51. The predicted molar refractivity (Wildman–Crippen MR) is 42.6 cm³/mol. The summed E-state index contributed by atoms with van der Waals surface area (Å²) in [5.41, 5.74) is 0. The van der Waals surface area contributed by atoms with Crippen molar-refractivity contribution in [3.05, 3.63) is 0 Å². The molecule has 0 aromatic carbocycles. The monoisotopic (exact) mass is 238 g/mol. The molecule has 1 nitrogen and oxygen atoms in total. The molecule has 50 valence electrons. The lowest BCUT2D eigenvalue weighted by Gasteiger charge is -1.95. The molecule has 0 aromatic rings. The van der Waals surface area contributed by atoms with E-state index in [1.165, 1.54) is 0 Å². The molecule has 0 saturated heterocycles. The van der Waals surface area contributed by atoms with Gasteiger partial charge in [-0.15, -0.1) is 0 Å². The molecule has 0 spiro atoms. The number of halogens is 3. The summed E-state index contributed by atoms with van der Waals surface area (Å²) >= 11 is 13.6. The Bertz CT molecular complexity index is 101. The molecule has 0 bridgehead atoms. The molecule has 0 amide bonds. The zero-order valence-corrected chi connectivity index (χ0v) is 8.10. The lowest BCUT2D eigenvalue weighted by molar-refractivity contribution is 0.592. The van der Waals surface area contributed by atoms with Gasteiger partial charge >= 0.3 is 0 Å². The summed E-state index contributed by atoms with van der Waals surface area (Å²) in [6.07, 6.45) is 1.17. The van der Waals surface area contributed by atoms with Crippen molar-refractivity contribution >= 4 is 44.3 Å². The van der Waals surface area contributed by atoms with Crippen LogP contribution in [0, 0.1) is 0 Å². The average Bonchev–Trinajstić information content (AvgIpc) is 1.59. The van der Waals surface area contributed by atoms with Crippen molar-refractivity contribution in [2.24, 2.45) is 0 Å². The third-order valence-electron chi connectivity index (χ3n) is 0.552. The molecule has 0 aromatic heterocycles. The fourth-order valence-corrected chi connectivity index (χ4v) is 2.20. The van der Waals surface area contributed by atoms with Gasteiger partial charge in [-0.3, -0.25) is 4.57 Å². The van der Waals surface area contributed by atoms with Gasteiger partial charge in [-0.2, -0.15) is 0 Å². The van der Waals surface area contributed by atoms with Crippen LogP contribution < -0.4 is 0 Å². The third kappa shape index (κ3) is 7.29. The highest BCUT2D eigenvalue weighted by molar-refractivity contribution is 9.09. The maximum Gasteiger partial charge on any atom is 0.253 e. The lowest BCUT2D eigenvalue weighted by Crippen LogP contribution is -1.78. The normalized spacial score (nSPS) is 11.9. The summed E-state index contributed by atoms with van der Waals surface area (Å²) < 4.78 is 10.5. The summed E-state index contributed by atoms with van der Waals surface area (Å²) in [6, 6.07) is 0. The number of hydrogen-bond donors (Lipinski definition) is 0. The first-order chi connectivity index (χ1) is 3.56. The highest BCUT2D eigenvalue weighted by Crippen LogP contribution is 2.56. The Labute approximate surface area is 66.8 Å². The van der Waals surface area contributed by atoms with Crippen LogP contribution in [0.5, 0.6) is 0 Å². The van der Waals surface area contributed by atoms with Gasteiger partial charge in [-0.05, 0) is 28.9 Å². The molecular weight excluding hydrogens is 234 g/mol. The number of alkyl halides is 1. The van der Waals surface area contributed by atoms with Crippen LogP contribution in [0.3, 0.4) is 0 Å². The van der Waals surface area contributed by atoms with Gasteiger partial charge in [0.2, 0.25) is 0 Å². The maximum atomic E-state index is 10.5. The van der Waals surface area contributed by atoms with E-state index >= 15 is 0 Å². The quantitative estimate of drug-likeness (QED) is 0.545. The molecular formula is C3H6BrCl2OP. The van der Waals surface area contributed by atoms with Gasteiger partial charge in [-0.1, -0.05) is 15.9 Å². The first-order valence-electron chi connectivity index (χ1n) is 2.10. The van der Waals surface area contributed by atoms with Crippen LogP contribution in [0.1, 0.15) is 6.42 Å². The Hall–Kier alpha value is 1.29.